The molecular formula is C14H12ClNO2. The van der Waals surface area contributed by atoms with Gasteiger partial charge in [-0.05, 0) is 48.0 Å². The highest BCUT2D eigenvalue weighted by Crippen LogP contribution is 2.29. The predicted octanol–water partition coefficient (Wildman–Crippen LogP) is 3.80. The van der Waals surface area contributed by atoms with Crippen LogP contribution in [0.3, 0.4) is 0 Å². The van der Waals surface area contributed by atoms with Crippen molar-refractivity contribution < 1.29 is 9.84 Å². The molecule has 0 saturated heterocycles. The summed E-state index contributed by atoms with van der Waals surface area (Å²) in [5.74, 6) is 0.891. The Morgan fingerprint density at radius 3 is 2.56 bits per heavy atom. The molecule has 2 rings (SSSR count). The van der Waals surface area contributed by atoms with Crippen LogP contribution in [0.2, 0.25) is 5.02 Å². The van der Waals surface area contributed by atoms with Crippen LogP contribution in [0.5, 0.6) is 11.5 Å². The molecule has 2 aromatic carbocycles. The molecule has 4 heteroatoms. The first-order chi connectivity index (χ1) is 8.69. The van der Waals surface area contributed by atoms with Gasteiger partial charge in [-0.2, -0.15) is 0 Å². The largest absolute Gasteiger partial charge is 0.506 e. The van der Waals surface area contributed by atoms with Crippen LogP contribution in [-0.2, 0) is 0 Å². The van der Waals surface area contributed by atoms with Gasteiger partial charge in [0.05, 0.1) is 7.11 Å². The van der Waals surface area contributed by atoms with Crippen LogP contribution >= 0.6 is 11.6 Å². The number of ether oxygens (including phenoxy) is 1. The van der Waals surface area contributed by atoms with Gasteiger partial charge in [-0.3, -0.25) is 4.99 Å². The number of aromatic hydroxyl groups is 1. The Morgan fingerprint density at radius 1 is 1.17 bits per heavy atom. The molecule has 18 heavy (non-hydrogen) atoms. The van der Waals surface area contributed by atoms with Crippen molar-refractivity contribution in [2.45, 2.75) is 0 Å². The fourth-order valence-corrected chi connectivity index (χ4v) is 1.60. The van der Waals surface area contributed by atoms with Crippen LogP contribution in [0.1, 0.15) is 5.56 Å². The molecule has 0 radical (unpaired) electrons. The number of hydrogen-bond donors (Lipinski definition) is 1. The minimum atomic E-state index is 0.101. The van der Waals surface area contributed by atoms with Gasteiger partial charge in [-0.1, -0.05) is 11.6 Å². The molecule has 0 fully saturated rings. The Morgan fingerprint density at radius 2 is 1.89 bits per heavy atom. The van der Waals surface area contributed by atoms with Gasteiger partial charge >= 0.3 is 0 Å². The van der Waals surface area contributed by atoms with E-state index in [4.69, 9.17) is 16.3 Å². The number of aliphatic imine (C=N–C) groups is 1. The smallest absolute Gasteiger partial charge is 0.141 e. The third-order valence-corrected chi connectivity index (χ3v) is 2.64. The molecular weight excluding hydrogens is 250 g/mol. The van der Waals surface area contributed by atoms with E-state index in [2.05, 4.69) is 4.99 Å². The number of rotatable bonds is 3. The normalized spacial score (nSPS) is 10.8. The zero-order valence-corrected chi connectivity index (χ0v) is 10.6. The zero-order chi connectivity index (χ0) is 13.0. The van der Waals surface area contributed by atoms with E-state index >= 15 is 0 Å². The van der Waals surface area contributed by atoms with Gasteiger partial charge in [0.25, 0.3) is 0 Å². The van der Waals surface area contributed by atoms with Crippen LogP contribution in [0.25, 0.3) is 0 Å². The molecule has 0 aromatic heterocycles. The first-order valence-electron chi connectivity index (χ1n) is 5.35. The molecule has 3 nitrogen and oxygen atoms in total. The van der Waals surface area contributed by atoms with Crippen LogP contribution < -0.4 is 4.74 Å². The van der Waals surface area contributed by atoms with E-state index in [1.807, 2.05) is 24.3 Å². The Balaban J connectivity index is 2.21. The summed E-state index contributed by atoms with van der Waals surface area (Å²) < 4.78 is 5.06. The second kappa shape index (κ2) is 5.56. The average Bonchev–Trinajstić information content (AvgIpc) is 2.40. The quantitative estimate of drug-likeness (QED) is 0.854. The summed E-state index contributed by atoms with van der Waals surface area (Å²) in [4.78, 5) is 4.19. The summed E-state index contributed by atoms with van der Waals surface area (Å²) in [7, 11) is 1.62. The second-order valence-electron chi connectivity index (χ2n) is 3.66. The van der Waals surface area contributed by atoms with Gasteiger partial charge in [0.2, 0.25) is 0 Å². The number of hydrogen-bond acceptors (Lipinski definition) is 3. The molecule has 0 unspecified atom stereocenters. The molecule has 2 aromatic rings. The minimum Gasteiger partial charge on any atom is -0.506 e. The maximum atomic E-state index is 9.60. The lowest BCUT2D eigenvalue weighted by molar-refractivity contribution is 0.415. The lowest BCUT2D eigenvalue weighted by atomic mass is 10.2. The van der Waals surface area contributed by atoms with Crippen molar-refractivity contribution in [1.82, 2.24) is 0 Å². The Bertz CT molecular complexity index is 565. The molecule has 0 spiro atoms. The molecule has 0 heterocycles. The van der Waals surface area contributed by atoms with E-state index in [9.17, 15) is 5.11 Å². The lowest BCUT2D eigenvalue weighted by Gasteiger charge is -2.00. The fourth-order valence-electron chi connectivity index (χ4n) is 1.43. The fraction of sp³-hybridized carbons (Fsp3) is 0.0714. The van der Waals surface area contributed by atoms with Gasteiger partial charge < -0.3 is 9.84 Å². The van der Waals surface area contributed by atoms with E-state index in [0.717, 1.165) is 11.3 Å². The summed E-state index contributed by atoms with van der Waals surface area (Å²) in [6.07, 6.45) is 1.66. The molecule has 0 saturated carbocycles. The summed E-state index contributed by atoms with van der Waals surface area (Å²) in [5.41, 5.74) is 1.36. The maximum absolute atomic E-state index is 9.60. The SMILES string of the molecule is COc1ccc(C=Nc2cc(Cl)ccc2O)cc1. The Labute approximate surface area is 110 Å². The van der Waals surface area contributed by atoms with Crippen molar-refractivity contribution in [2.24, 2.45) is 4.99 Å². The Kier molecular flexibility index (Phi) is 3.85. The highest BCUT2D eigenvalue weighted by molar-refractivity contribution is 6.30. The first-order valence-corrected chi connectivity index (χ1v) is 5.73. The van der Waals surface area contributed by atoms with Crippen LogP contribution in [-0.4, -0.2) is 18.4 Å². The van der Waals surface area contributed by atoms with E-state index in [1.165, 1.54) is 6.07 Å². The standard InChI is InChI=1S/C14H12ClNO2/c1-18-12-5-2-10(3-6-12)9-16-13-8-11(15)4-7-14(13)17/h2-9,17H,1H3. The van der Waals surface area contributed by atoms with Gasteiger partial charge in [-0.25, -0.2) is 0 Å². The van der Waals surface area contributed by atoms with Gasteiger partial charge in [-0.15, -0.1) is 0 Å². The highest BCUT2D eigenvalue weighted by Gasteiger charge is 1.99. The minimum absolute atomic E-state index is 0.101. The third-order valence-electron chi connectivity index (χ3n) is 2.41. The summed E-state index contributed by atoms with van der Waals surface area (Å²) in [6, 6.07) is 12.2. The summed E-state index contributed by atoms with van der Waals surface area (Å²) >= 11 is 5.84. The van der Waals surface area contributed by atoms with Gasteiger partial charge in [0.1, 0.15) is 17.2 Å². The number of benzene rings is 2. The number of halogens is 1. The van der Waals surface area contributed by atoms with Crippen molar-refractivity contribution in [3.63, 3.8) is 0 Å². The van der Waals surface area contributed by atoms with E-state index in [-0.39, 0.29) is 5.75 Å². The van der Waals surface area contributed by atoms with Gasteiger partial charge in [0.15, 0.2) is 0 Å². The van der Waals surface area contributed by atoms with Crippen LogP contribution in [0, 0.1) is 0 Å². The Hall–Kier alpha value is -2.00. The average molecular weight is 262 g/mol. The monoisotopic (exact) mass is 261 g/mol. The number of methoxy groups -OCH3 is 1. The molecule has 92 valence electrons. The molecule has 1 N–H and O–H groups in total. The van der Waals surface area contributed by atoms with Crippen molar-refractivity contribution >= 4 is 23.5 Å². The molecule has 0 atom stereocenters. The highest BCUT2D eigenvalue weighted by atomic mass is 35.5. The summed E-state index contributed by atoms with van der Waals surface area (Å²) in [5, 5.41) is 10.1. The topological polar surface area (TPSA) is 41.8 Å². The molecule has 0 aliphatic carbocycles. The number of phenolic OH excluding ortho intramolecular Hbond substituents is 1. The molecule has 0 aliphatic rings. The predicted molar refractivity (Wildman–Crippen MR) is 73.4 cm³/mol. The van der Waals surface area contributed by atoms with Crippen molar-refractivity contribution in [3.8, 4) is 11.5 Å². The maximum Gasteiger partial charge on any atom is 0.141 e. The zero-order valence-electron chi connectivity index (χ0n) is 9.80. The second-order valence-corrected chi connectivity index (χ2v) is 4.10. The first kappa shape index (κ1) is 12.5. The molecule has 0 bridgehead atoms. The summed E-state index contributed by atoms with van der Waals surface area (Å²) in [6.45, 7) is 0. The van der Waals surface area contributed by atoms with Crippen molar-refractivity contribution in [2.75, 3.05) is 7.11 Å². The van der Waals surface area contributed by atoms with Crippen LogP contribution in [0.4, 0.5) is 5.69 Å². The number of nitrogens with zero attached hydrogens (tertiary/aromatic N) is 1. The van der Waals surface area contributed by atoms with E-state index in [0.29, 0.717) is 10.7 Å². The van der Waals surface area contributed by atoms with Gasteiger partial charge in [0, 0.05) is 11.2 Å². The lowest BCUT2D eigenvalue weighted by Crippen LogP contribution is -1.84. The van der Waals surface area contributed by atoms with Crippen molar-refractivity contribution in [3.05, 3.63) is 53.1 Å². The molecule has 0 aliphatic heterocycles. The van der Waals surface area contributed by atoms with Crippen LogP contribution in [0.15, 0.2) is 47.5 Å². The van der Waals surface area contributed by atoms with E-state index < -0.39 is 0 Å². The number of phenols is 1. The third kappa shape index (κ3) is 3.02. The van der Waals surface area contributed by atoms with E-state index in [1.54, 1.807) is 25.5 Å². The van der Waals surface area contributed by atoms with Crippen molar-refractivity contribution in [1.29, 1.82) is 0 Å². The molecule has 0 amide bonds.